The molecule has 0 radical (unpaired) electrons. The number of hydrogen-bond acceptors (Lipinski definition) is 2. The molecule has 19 heavy (non-hydrogen) atoms. The van der Waals surface area contributed by atoms with Crippen molar-refractivity contribution in [3.8, 4) is 0 Å². The van der Waals surface area contributed by atoms with Crippen molar-refractivity contribution in [1.29, 1.82) is 0 Å². The average molecular weight is 270 g/mol. The van der Waals surface area contributed by atoms with Crippen molar-refractivity contribution in [2.75, 3.05) is 32.7 Å². The number of benzene rings is 1. The summed E-state index contributed by atoms with van der Waals surface area (Å²) in [5, 5.41) is 3.24. The molecule has 2 nitrogen and oxygen atoms in total. The van der Waals surface area contributed by atoms with E-state index in [2.05, 4.69) is 10.2 Å². The molecule has 0 bridgehead atoms. The fourth-order valence-electron chi connectivity index (χ4n) is 2.12. The highest BCUT2D eigenvalue weighted by Crippen LogP contribution is 2.32. The second kappa shape index (κ2) is 6.21. The van der Waals surface area contributed by atoms with Gasteiger partial charge in [0.15, 0.2) is 0 Å². The van der Waals surface area contributed by atoms with E-state index < -0.39 is 11.7 Å². The largest absolute Gasteiger partial charge is 0.416 e. The minimum atomic E-state index is -4.30. The van der Waals surface area contributed by atoms with Gasteiger partial charge in [-0.05, 0) is 11.6 Å². The van der Waals surface area contributed by atoms with Crippen molar-refractivity contribution in [3.63, 3.8) is 0 Å². The van der Waals surface area contributed by atoms with Gasteiger partial charge in [0, 0.05) is 32.7 Å². The van der Waals surface area contributed by atoms with E-state index in [1.165, 1.54) is 12.1 Å². The van der Waals surface area contributed by atoms with Crippen LogP contribution in [0.4, 0.5) is 13.2 Å². The number of hydrogen-bond donors (Lipinski definition) is 1. The first-order valence-corrected chi connectivity index (χ1v) is 6.33. The van der Waals surface area contributed by atoms with E-state index >= 15 is 0 Å². The lowest BCUT2D eigenvalue weighted by Gasteiger charge is -2.25. The van der Waals surface area contributed by atoms with Crippen LogP contribution < -0.4 is 5.32 Å². The lowest BCUT2D eigenvalue weighted by atomic mass is 10.1. The summed E-state index contributed by atoms with van der Waals surface area (Å²) < 4.78 is 38.3. The number of rotatable bonds is 3. The summed E-state index contributed by atoms with van der Waals surface area (Å²) in [6.45, 7) is 4.43. The Morgan fingerprint density at radius 1 is 1.16 bits per heavy atom. The molecule has 0 atom stereocenters. The van der Waals surface area contributed by atoms with Crippen LogP contribution in [0.2, 0.25) is 0 Å². The predicted molar refractivity (Wildman–Crippen MR) is 69.8 cm³/mol. The highest BCUT2D eigenvalue weighted by Gasteiger charge is 2.32. The van der Waals surface area contributed by atoms with Crippen molar-refractivity contribution < 1.29 is 13.2 Å². The Bertz CT molecular complexity index is 435. The Labute approximate surface area is 110 Å². The smallest absolute Gasteiger partial charge is 0.314 e. The van der Waals surface area contributed by atoms with Gasteiger partial charge in [0.05, 0.1) is 5.56 Å². The second-order valence-electron chi connectivity index (χ2n) is 4.54. The summed E-state index contributed by atoms with van der Waals surface area (Å²) in [5.41, 5.74) is -0.350. The van der Waals surface area contributed by atoms with Crippen LogP contribution >= 0.6 is 0 Å². The number of nitrogens with zero attached hydrogens (tertiary/aromatic N) is 1. The molecule has 1 aromatic carbocycles. The lowest BCUT2D eigenvalue weighted by Crippen LogP contribution is -2.43. The van der Waals surface area contributed by atoms with Crippen molar-refractivity contribution in [2.45, 2.75) is 6.18 Å². The lowest BCUT2D eigenvalue weighted by molar-refractivity contribution is -0.137. The van der Waals surface area contributed by atoms with Gasteiger partial charge in [-0.3, -0.25) is 4.90 Å². The summed E-state index contributed by atoms with van der Waals surface area (Å²) in [5.74, 6) is 0. The zero-order chi connectivity index (χ0) is 13.7. The minimum Gasteiger partial charge on any atom is -0.314 e. The first kappa shape index (κ1) is 14.1. The molecule has 0 spiro atoms. The summed E-state index contributed by atoms with van der Waals surface area (Å²) in [6.07, 6.45) is -0.934. The molecule has 1 heterocycles. The number of piperazine rings is 1. The number of halogens is 3. The van der Waals surface area contributed by atoms with Crippen molar-refractivity contribution in [2.24, 2.45) is 0 Å². The van der Waals surface area contributed by atoms with E-state index in [9.17, 15) is 13.2 Å². The molecule has 1 aromatic rings. The first-order chi connectivity index (χ1) is 9.07. The maximum Gasteiger partial charge on any atom is 0.416 e. The topological polar surface area (TPSA) is 15.3 Å². The maximum absolute atomic E-state index is 12.8. The van der Waals surface area contributed by atoms with Gasteiger partial charge >= 0.3 is 6.18 Å². The molecule has 5 heteroatoms. The molecule has 0 aliphatic carbocycles. The predicted octanol–water partition coefficient (Wildman–Crippen LogP) is 2.62. The van der Waals surface area contributed by atoms with E-state index in [0.717, 1.165) is 32.2 Å². The van der Waals surface area contributed by atoms with Gasteiger partial charge in [-0.2, -0.15) is 13.2 Å². The summed E-state index contributed by atoms with van der Waals surface area (Å²) in [4.78, 5) is 2.21. The van der Waals surface area contributed by atoms with Crippen LogP contribution in [-0.2, 0) is 6.18 Å². The Kier molecular flexibility index (Phi) is 4.61. The van der Waals surface area contributed by atoms with Crippen LogP contribution in [0.3, 0.4) is 0 Å². The summed E-state index contributed by atoms with van der Waals surface area (Å²) in [7, 11) is 0. The molecule has 1 saturated heterocycles. The van der Waals surface area contributed by atoms with Gasteiger partial charge in [0.2, 0.25) is 0 Å². The van der Waals surface area contributed by atoms with Crippen molar-refractivity contribution >= 4 is 6.08 Å². The van der Waals surface area contributed by atoms with Crippen molar-refractivity contribution in [1.82, 2.24) is 10.2 Å². The molecular formula is C14H17F3N2. The highest BCUT2D eigenvalue weighted by atomic mass is 19.4. The van der Waals surface area contributed by atoms with Gasteiger partial charge in [0.1, 0.15) is 0 Å². The number of nitrogens with one attached hydrogen (secondary N) is 1. The van der Waals surface area contributed by atoms with E-state index in [1.54, 1.807) is 18.2 Å². The van der Waals surface area contributed by atoms with Gasteiger partial charge in [-0.25, -0.2) is 0 Å². The van der Waals surface area contributed by atoms with Crippen LogP contribution in [0.1, 0.15) is 11.1 Å². The van der Waals surface area contributed by atoms with Crippen LogP contribution in [0.25, 0.3) is 6.08 Å². The fraction of sp³-hybridized carbons (Fsp3) is 0.429. The van der Waals surface area contributed by atoms with E-state index in [-0.39, 0.29) is 5.56 Å². The molecular weight excluding hydrogens is 253 g/mol. The third-order valence-electron chi connectivity index (χ3n) is 3.14. The van der Waals surface area contributed by atoms with Crippen molar-refractivity contribution in [3.05, 3.63) is 41.5 Å². The molecule has 1 fully saturated rings. The zero-order valence-electron chi connectivity index (χ0n) is 10.6. The molecule has 1 aliphatic heterocycles. The molecule has 1 aliphatic rings. The van der Waals surface area contributed by atoms with Gasteiger partial charge in [0.25, 0.3) is 0 Å². The Morgan fingerprint density at radius 2 is 1.84 bits per heavy atom. The zero-order valence-corrected chi connectivity index (χ0v) is 10.6. The third kappa shape index (κ3) is 4.08. The molecule has 0 saturated carbocycles. The Morgan fingerprint density at radius 3 is 2.53 bits per heavy atom. The average Bonchev–Trinajstić information content (AvgIpc) is 2.39. The fourth-order valence-corrected chi connectivity index (χ4v) is 2.12. The molecule has 2 rings (SSSR count). The maximum atomic E-state index is 12.8. The number of alkyl halides is 3. The standard InChI is InChI=1S/C14H17F3N2/c15-14(16,17)13-6-2-1-4-12(13)5-3-9-19-10-7-18-8-11-19/h1-6,18H,7-11H2/b5-3-. The van der Waals surface area contributed by atoms with E-state index in [0.29, 0.717) is 6.54 Å². The summed E-state index contributed by atoms with van der Waals surface area (Å²) in [6, 6.07) is 5.65. The summed E-state index contributed by atoms with van der Waals surface area (Å²) >= 11 is 0. The SMILES string of the molecule is FC(F)(F)c1ccccc1/C=C\CN1CCNCC1. The quantitative estimate of drug-likeness (QED) is 0.908. The highest BCUT2D eigenvalue weighted by molar-refractivity contribution is 5.54. The third-order valence-corrected chi connectivity index (χ3v) is 3.14. The Balaban J connectivity index is 2.02. The molecule has 1 N–H and O–H groups in total. The molecule has 0 amide bonds. The van der Waals surface area contributed by atoms with Gasteiger partial charge < -0.3 is 5.32 Å². The molecule has 104 valence electrons. The van der Waals surface area contributed by atoms with Crippen LogP contribution in [0.15, 0.2) is 30.3 Å². The van der Waals surface area contributed by atoms with Gasteiger partial charge in [-0.15, -0.1) is 0 Å². The molecule has 0 aromatic heterocycles. The molecule has 0 unspecified atom stereocenters. The monoisotopic (exact) mass is 270 g/mol. The van der Waals surface area contributed by atoms with Crippen LogP contribution in [-0.4, -0.2) is 37.6 Å². The minimum absolute atomic E-state index is 0.227. The van der Waals surface area contributed by atoms with E-state index in [4.69, 9.17) is 0 Å². The van der Waals surface area contributed by atoms with Gasteiger partial charge in [-0.1, -0.05) is 30.4 Å². The van der Waals surface area contributed by atoms with E-state index in [1.807, 2.05) is 0 Å². The second-order valence-corrected chi connectivity index (χ2v) is 4.54. The normalized spacial score (nSPS) is 18.1. The first-order valence-electron chi connectivity index (χ1n) is 6.33. The Hall–Kier alpha value is -1.33. The van der Waals surface area contributed by atoms with Crippen LogP contribution in [0, 0.1) is 0 Å². The van der Waals surface area contributed by atoms with Crippen LogP contribution in [0.5, 0.6) is 0 Å².